The average Bonchev–Trinajstić information content (AvgIpc) is 2.98. The summed E-state index contributed by atoms with van der Waals surface area (Å²) in [7, 11) is 1.56. The molecule has 1 aromatic carbocycles. The minimum atomic E-state index is -0.525. The highest BCUT2D eigenvalue weighted by Crippen LogP contribution is 2.18. The number of carbonyl (C=O) groups excluding carboxylic acids is 2. The summed E-state index contributed by atoms with van der Waals surface area (Å²) in [5.74, 6) is 0.125. The molecule has 3 amide bonds. The summed E-state index contributed by atoms with van der Waals surface area (Å²) in [6, 6.07) is 6.68. The van der Waals surface area contributed by atoms with Crippen molar-refractivity contribution in [3.05, 3.63) is 24.3 Å². The van der Waals surface area contributed by atoms with Gasteiger partial charge in [0, 0.05) is 24.3 Å². The van der Waals surface area contributed by atoms with Crippen LogP contribution in [0, 0.1) is 0 Å². The number of primary amides is 1. The second-order valence-electron chi connectivity index (χ2n) is 4.90. The molecule has 1 atom stereocenters. The van der Waals surface area contributed by atoms with Gasteiger partial charge in [-0.25, -0.2) is 4.79 Å². The summed E-state index contributed by atoms with van der Waals surface area (Å²) >= 11 is 0. The maximum Gasteiger partial charge on any atom is 0.322 e. The van der Waals surface area contributed by atoms with Gasteiger partial charge in [0.1, 0.15) is 12.3 Å². The lowest BCUT2D eigenvalue weighted by atomic mass is 10.2. The highest BCUT2D eigenvalue weighted by atomic mass is 16.5. The van der Waals surface area contributed by atoms with Crippen LogP contribution < -0.4 is 21.1 Å². The Morgan fingerprint density at radius 2 is 2.33 bits per heavy atom. The third-order valence-corrected chi connectivity index (χ3v) is 3.38. The first-order valence-electron chi connectivity index (χ1n) is 6.81. The Bertz CT molecular complexity index is 515. The van der Waals surface area contributed by atoms with Crippen LogP contribution in [0.2, 0.25) is 0 Å². The van der Waals surface area contributed by atoms with Gasteiger partial charge in [0.05, 0.1) is 7.11 Å². The minimum Gasteiger partial charge on any atom is -0.497 e. The Balaban J connectivity index is 2.07. The Kier molecular flexibility index (Phi) is 4.99. The molecule has 1 fully saturated rings. The van der Waals surface area contributed by atoms with Gasteiger partial charge < -0.3 is 26.0 Å². The first kappa shape index (κ1) is 15.1. The van der Waals surface area contributed by atoms with E-state index < -0.39 is 5.91 Å². The van der Waals surface area contributed by atoms with E-state index in [1.807, 2.05) is 0 Å². The second-order valence-corrected chi connectivity index (χ2v) is 4.90. The van der Waals surface area contributed by atoms with Crippen LogP contribution in [0.25, 0.3) is 0 Å². The number of nitrogens with one attached hydrogen (secondary N) is 2. The quantitative estimate of drug-likeness (QED) is 0.730. The van der Waals surface area contributed by atoms with Gasteiger partial charge in [-0.3, -0.25) is 4.79 Å². The highest BCUT2D eigenvalue weighted by Gasteiger charge is 2.27. The van der Waals surface area contributed by atoms with Crippen LogP contribution in [-0.2, 0) is 4.79 Å². The lowest BCUT2D eigenvalue weighted by Crippen LogP contribution is -2.48. The average molecular weight is 292 g/mol. The monoisotopic (exact) mass is 292 g/mol. The predicted molar refractivity (Wildman–Crippen MR) is 79.2 cm³/mol. The maximum atomic E-state index is 12.4. The smallest absolute Gasteiger partial charge is 0.322 e. The number of benzene rings is 1. The van der Waals surface area contributed by atoms with Crippen molar-refractivity contribution < 1.29 is 14.3 Å². The molecule has 1 aromatic rings. The second kappa shape index (κ2) is 6.94. The molecule has 0 aliphatic carbocycles. The van der Waals surface area contributed by atoms with Crippen LogP contribution in [0.3, 0.4) is 0 Å². The van der Waals surface area contributed by atoms with Crippen LogP contribution in [0.15, 0.2) is 24.3 Å². The van der Waals surface area contributed by atoms with Crippen molar-refractivity contribution >= 4 is 17.6 Å². The van der Waals surface area contributed by atoms with E-state index in [1.165, 1.54) is 4.90 Å². The molecule has 1 saturated heterocycles. The number of rotatable bonds is 5. The number of methoxy groups -OCH3 is 1. The van der Waals surface area contributed by atoms with Gasteiger partial charge >= 0.3 is 6.03 Å². The van der Waals surface area contributed by atoms with Crippen molar-refractivity contribution in [2.45, 2.75) is 12.5 Å². The van der Waals surface area contributed by atoms with Crippen molar-refractivity contribution in [2.24, 2.45) is 5.73 Å². The van der Waals surface area contributed by atoms with Crippen LogP contribution in [0.4, 0.5) is 10.5 Å². The van der Waals surface area contributed by atoms with E-state index in [0.29, 0.717) is 18.0 Å². The largest absolute Gasteiger partial charge is 0.497 e. The zero-order chi connectivity index (χ0) is 15.2. The summed E-state index contributed by atoms with van der Waals surface area (Å²) in [6.07, 6.45) is 0.804. The third-order valence-electron chi connectivity index (χ3n) is 3.38. The molecular formula is C14H20N4O3. The molecule has 0 radical (unpaired) electrons. The predicted octanol–water partition coefficient (Wildman–Crippen LogP) is 0.376. The number of nitrogens with two attached hydrogens (primary N) is 1. The SMILES string of the molecule is COc1cccc(NC(=O)N(CC(N)=O)C2CCNC2)c1. The normalized spacial score (nSPS) is 17.3. The Morgan fingerprint density at radius 3 is 2.95 bits per heavy atom. The summed E-state index contributed by atoms with van der Waals surface area (Å²) in [4.78, 5) is 25.0. The fourth-order valence-electron chi connectivity index (χ4n) is 2.34. The molecule has 0 spiro atoms. The highest BCUT2D eigenvalue weighted by molar-refractivity contribution is 5.92. The molecule has 4 N–H and O–H groups in total. The van der Waals surface area contributed by atoms with Crippen molar-refractivity contribution in [3.8, 4) is 5.75 Å². The molecule has 0 aromatic heterocycles. The van der Waals surface area contributed by atoms with Crippen molar-refractivity contribution in [3.63, 3.8) is 0 Å². The lowest BCUT2D eigenvalue weighted by Gasteiger charge is -2.27. The molecule has 1 aliphatic rings. The molecule has 21 heavy (non-hydrogen) atoms. The van der Waals surface area contributed by atoms with E-state index >= 15 is 0 Å². The molecular weight excluding hydrogens is 272 g/mol. The summed E-state index contributed by atoms with van der Waals surface area (Å²) in [6.45, 7) is 1.40. The van der Waals surface area contributed by atoms with Crippen molar-refractivity contribution in [2.75, 3.05) is 32.1 Å². The zero-order valence-corrected chi connectivity index (χ0v) is 12.0. The first-order valence-corrected chi connectivity index (χ1v) is 6.81. The summed E-state index contributed by atoms with van der Waals surface area (Å²) < 4.78 is 5.11. The molecule has 1 heterocycles. The van der Waals surface area contributed by atoms with Crippen molar-refractivity contribution in [1.82, 2.24) is 10.2 Å². The van der Waals surface area contributed by atoms with Gasteiger partial charge in [0.25, 0.3) is 0 Å². The van der Waals surface area contributed by atoms with Gasteiger partial charge in [-0.15, -0.1) is 0 Å². The molecule has 2 rings (SSSR count). The topological polar surface area (TPSA) is 96.7 Å². The molecule has 7 heteroatoms. The lowest BCUT2D eigenvalue weighted by molar-refractivity contribution is -0.118. The molecule has 7 nitrogen and oxygen atoms in total. The maximum absolute atomic E-state index is 12.4. The zero-order valence-electron chi connectivity index (χ0n) is 12.0. The van der Waals surface area contributed by atoms with E-state index in [9.17, 15) is 9.59 Å². The first-order chi connectivity index (χ1) is 10.1. The Morgan fingerprint density at radius 1 is 1.52 bits per heavy atom. The van der Waals surface area contributed by atoms with E-state index in [0.717, 1.165) is 13.0 Å². The van der Waals surface area contributed by atoms with Crippen LogP contribution in [0.5, 0.6) is 5.75 Å². The van der Waals surface area contributed by atoms with E-state index in [2.05, 4.69) is 10.6 Å². The standard InChI is InChI=1S/C14H20N4O3/c1-21-12-4-2-3-10(7-12)17-14(20)18(9-13(15)19)11-5-6-16-8-11/h2-4,7,11,16H,5-6,8-9H2,1H3,(H2,15,19)(H,17,20). The van der Waals surface area contributed by atoms with Crippen LogP contribution in [-0.4, -0.2) is 49.6 Å². The van der Waals surface area contributed by atoms with Gasteiger partial charge in [0.15, 0.2) is 0 Å². The molecule has 114 valence electrons. The van der Waals surface area contributed by atoms with E-state index in [-0.39, 0.29) is 18.6 Å². The molecule has 1 aliphatic heterocycles. The fourth-order valence-corrected chi connectivity index (χ4v) is 2.34. The fraction of sp³-hybridized carbons (Fsp3) is 0.429. The van der Waals surface area contributed by atoms with Crippen LogP contribution in [0.1, 0.15) is 6.42 Å². The summed E-state index contributed by atoms with van der Waals surface area (Å²) in [5, 5.41) is 5.94. The number of hydrogen-bond acceptors (Lipinski definition) is 4. The van der Waals surface area contributed by atoms with Gasteiger partial charge in [0.2, 0.25) is 5.91 Å². The molecule has 0 bridgehead atoms. The van der Waals surface area contributed by atoms with Crippen molar-refractivity contribution in [1.29, 1.82) is 0 Å². The summed E-state index contributed by atoms with van der Waals surface area (Å²) in [5.41, 5.74) is 5.85. The third kappa shape index (κ3) is 4.09. The molecule has 1 unspecified atom stereocenters. The van der Waals surface area contributed by atoms with E-state index in [1.54, 1.807) is 31.4 Å². The number of ether oxygens (including phenoxy) is 1. The number of carbonyl (C=O) groups is 2. The number of anilines is 1. The Labute approximate surface area is 123 Å². The number of hydrogen-bond donors (Lipinski definition) is 3. The number of amides is 3. The minimum absolute atomic E-state index is 0.0249. The number of nitrogens with zero attached hydrogens (tertiary/aromatic N) is 1. The molecule has 0 saturated carbocycles. The van der Waals surface area contributed by atoms with Gasteiger partial charge in [-0.05, 0) is 25.1 Å². The van der Waals surface area contributed by atoms with Crippen LogP contribution >= 0.6 is 0 Å². The van der Waals surface area contributed by atoms with Gasteiger partial charge in [-0.1, -0.05) is 6.07 Å². The number of urea groups is 1. The van der Waals surface area contributed by atoms with E-state index in [4.69, 9.17) is 10.5 Å². The van der Waals surface area contributed by atoms with Gasteiger partial charge in [-0.2, -0.15) is 0 Å². The Hall–Kier alpha value is -2.28.